The third kappa shape index (κ3) is 4.49. The fraction of sp³-hybridized carbons (Fsp3) is 0.286. The maximum absolute atomic E-state index is 12.9. The molecule has 3 rings (SSSR count). The van der Waals surface area contributed by atoms with Crippen molar-refractivity contribution in [3.8, 4) is 0 Å². The number of aryl methyl sites for hydroxylation is 1. The number of rotatable bonds is 5. The second-order valence-corrected chi connectivity index (χ2v) is 7.11. The first-order valence-corrected chi connectivity index (χ1v) is 9.15. The van der Waals surface area contributed by atoms with Gasteiger partial charge in [0.25, 0.3) is 5.91 Å². The Kier molecular flexibility index (Phi) is 5.63. The molecule has 2 aromatic rings. The Morgan fingerprint density at radius 2 is 1.86 bits per heavy atom. The van der Waals surface area contributed by atoms with Gasteiger partial charge in [-0.3, -0.25) is 9.59 Å². The number of anilines is 1. The molecule has 0 saturated carbocycles. The second-order valence-electron chi connectivity index (χ2n) is 7.11. The van der Waals surface area contributed by atoms with Gasteiger partial charge in [0, 0.05) is 24.7 Å². The highest BCUT2D eigenvalue weighted by atomic mass is 16.4. The van der Waals surface area contributed by atoms with Crippen LogP contribution in [-0.4, -0.2) is 30.0 Å². The number of fused-ring (bicyclic) bond motifs is 1. The Morgan fingerprint density at radius 1 is 1.14 bits per heavy atom. The molecular weight excluding hydrogens is 356 g/mol. The van der Waals surface area contributed by atoms with E-state index >= 15 is 0 Å². The minimum absolute atomic E-state index is 0.0209. The molecule has 0 fully saturated rings. The van der Waals surface area contributed by atoms with Gasteiger partial charge in [0.15, 0.2) is 5.96 Å². The largest absolute Gasteiger partial charge is 0.481 e. The highest BCUT2D eigenvalue weighted by Crippen LogP contribution is 2.29. The Hall–Kier alpha value is -3.35. The zero-order valence-electron chi connectivity index (χ0n) is 15.8. The lowest BCUT2D eigenvalue weighted by Crippen LogP contribution is -2.27. The number of guanidine groups is 1. The molecule has 1 aliphatic carbocycles. The number of hydrogen-bond acceptors (Lipinski definition) is 3. The van der Waals surface area contributed by atoms with Crippen LogP contribution >= 0.6 is 0 Å². The molecular formula is C21H24N4O3. The van der Waals surface area contributed by atoms with Gasteiger partial charge in [-0.15, -0.1) is 0 Å². The second kappa shape index (κ2) is 8.12. The Balaban J connectivity index is 1.77. The zero-order chi connectivity index (χ0) is 20.3. The van der Waals surface area contributed by atoms with Crippen LogP contribution < -0.4 is 16.4 Å². The van der Waals surface area contributed by atoms with Gasteiger partial charge in [0.1, 0.15) is 0 Å². The number of benzene rings is 2. The van der Waals surface area contributed by atoms with E-state index in [1.165, 1.54) is 5.56 Å². The van der Waals surface area contributed by atoms with Crippen LogP contribution in [0.25, 0.3) is 0 Å². The highest BCUT2D eigenvalue weighted by Gasteiger charge is 2.23. The van der Waals surface area contributed by atoms with Crippen molar-refractivity contribution in [3.05, 3.63) is 59.2 Å². The van der Waals surface area contributed by atoms with E-state index in [2.05, 4.69) is 4.99 Å². The summed E-state index contributed by atoms with van der Waals surface area (Å²) in [7, 11) is 1.71. The molecule has 0 bridgehead atoms. The summed E-state index contributed by atoms with van der Waals surface area (Å²) < 4.78 is 0. The fourth-order valence-corrected chi connectivity index (χ4v) is 3.60. The maximum Gasteiger partial charge on any atom is 0.303 e. The molecule has 5 N–H and O–H groups in total. The number of nitrogens with two attached hydrogens (primary N) is 2. The predicted octanol–water partition coefficient (Wildman–Crippen LogP) is 2.45. The van der Waals surface area contributed by atoms with Crippen LogP contribution in [0.1, 0.15) is 34.3 Å². The van der Waals surface area contributed by atoms with E-state index in [0.29, 0.717) is 17.7 Å². The van der Waals surface area contributed by atoms with E-state index in [4.69, 9.17) is 16.6 Å². The molecule has 0 spiro atoms. The summed E-state index contributed by atoms with van der Waals surface area (Å²) in [4.78, 5) is 29.5. The van der Waals surface area contributed by atoms with Crippen LogP contribution in [0.15, 0.2) is 47.5 Å². The summed E-state index contributed by atoms with van der Waals surface area (Å²) in [5.41, 5.74) is 14.9. The molecule has 0 heterocycles. The van der Waals surface area contributed by atoms with Crippen molar-refractivity contribution in [3.63, 3.8) is 0 Å². The van der Waals surface area contributed by atoms with Crippen molar-refractivity contribution >= 4 is 29.2 Å². The molecule has 1 aliphatic rings. The van der Waals surface area contributed by atoms with Crippen LogP contribution in [0.5, 0.6) is 0 Å². The smallest absolute Gasteiger partial charge is 0.303 e. The predicted molar refractivity (Wildman–Crippen MR) is 109 cm³/mol. The number of nitrogens with zero attached hydrogens (tertiary/aromatic N) is 2. The molecule has 2 aromatic carbocycles. The number of carbonyl (C=O) groups is 2. The SMILES string of the molecule is CN(C(=O)c1ccc2c(c1)CC(CC(=O)O)CC2)c1ccc(N=C(N)N)cc1. The molecule has 7 heteroatoms. The van der Waals surface area contributed by atoms with Crippen LogP contribution in [-0.2, 0) is 17.6 Å². The van der Waals surface area contributed by atoms with Gasteiger partial charge in [-0.2, -0.15) is 0 Å². The number of carboxylic acids is 1. The first kappa shape index (κ1) is 19.4. The third-order valence-electron chi connectivity index (χ3n) is 5.05. The van der Waals surface area contributed by atoms with E-state index in [1.807, 2.05) is 18.2 Å². The van der Waals surface area contributed by atoms with Crippen molar-refractivity contribution in [2.24, 2.45) is 22.4 Å². The summed E-state index contributed by atoms with van der Waals surface area (Å²) in [6.45, 7) is 0. The summed E-state index contributed by atoms with van der Waals surface area (Å²) in [5, 5.41) is 9.04. The molecule has 0 aliphatic heterocycles. The summed E-state index contributed by atoms with van der Waals surface area (Å²) in [6, 6.07) is 12.8. The lowest BCUT2D eigenvalue weighted by molar-refractivity contribution is -0.138. The van der Waals surface area contributed by atoms with Crippen molar-refractivity contribution in [1.82, 2.24) is 0 Å². The van der Waals surface area contributed by atoms with Gasteiger partial charge in [-0.1, -0.05) is 6.07 Å². The first-order chi connectivity index (χ1) is 13.3. The highest BCUT2D eigenvalue weighted by molar-refractivity contribution is 6.06. The summed E-state index contributed by atoms with van der Waals surface area (Å²) in [5.74, 6) is -0.800. The van der Waals surface area contributed by atoms with E-state index in [1.54, 1.807) is 36.2 Å². The number of aliphatic carboxylic acids is 1. The van der Waals surface area contributed by atoms with E-state index in [9.17, 15) is 9.59 Å². The van der Waals surface area contributed by atoms with E-state index in [-0.39, 0.29) is 24.2 Å². The Labute approximate surface area is 163 Å². The fourth-order valence-electron chi connectivity index (χ4n) is 3.60. The van der Waals surface area contributed by atoms with Crippen molar-refractivity contribution in [2.75, 3.05) is 11.9 Å². The van der Waals surface area contributed by atoms with Gasteiger partial charge in [0.2, 0.25) is 0 Å². The summed E-state index contributed by atoms with van der Waals surface area (Å²) in [6.07, 6.45) is 2.58. The van der Waals surface area contributed by atoms with Crippen molar-refractivity contribution < 1.29 is 14.7 Å². The first-order valence-electron chi connectivity index (χ1n) is 9.15. The molecule has 1 amide bonds. The van der Waals surface area contributed by atoms with E-state index in [0.717, 1.165) is 24.1 Å². The molecule has 1 atom stereocenters. The van der Waals surface area contributed by atoms with E-state index < -0.39 is 5.97 Å². The zero-order valence-corrected chi connectivity index (χ0v) is 15.8. The van der Waals surface area contributed by atoms with Gasteiger partial charge in [-0.05, 0) is 72.7 Å². The number of hydrogen-bond donors (Lipinski definition) is 3. The molecule has 0 aromatic heterocycles. The lowest BCUT2D eigenvalue weighted by atomic mass is 9.81. The molecule has 0 saturated heterocycles. The van der Waals surface area contributed by atoms with Gasteiger partial charge in [-0.25, -0.2) is 4.99 Å². The topological polar surface area (TPSA) is 122 Å². The van der Waals surface area contributed by atoms with Crippen molar-refractivity contribution in [1.29, 1.82) is 0 Å². The van der Waals surface area contributed by atoms with Gasteiger partial charge >= 0.3 is 5.97 Å². The number of carboxylic acid groups (broad SMARTS) is 1. The average molecular weight is 380 g/mol. The molecule has 0 radical (unpaired) electrons. The molecule has 146 valence electrons. The minimum atomic E-state index is -0.774. The van der Waals surface area contributed by atoms with Gasteiger partial charge in [0.05, 0.1) is 5.69 Å². The van der Waals surface area contributed by atoms with Crippen molar-refractivity contribution in [2.45, 2.75) is 25.7 Å². The monoisotopic (exact) mass is 380 g/mol. The van der Waals surface area contributed by atoms with Crippen LogP contribution in [0, 0.1) is 5.92 Å². The maximum atomic E-state index is 12.9. The average Bonchev–Trinajstić information content (AvgIpc) is 2.66. The number of aliphatic imine (C=N–C) groups is 1. The molecule has 28 heavy (non-hydrogen) atoms. The van der Waals surface area contributed by atoms with Crippen LogP contribution in [0.2, 0.25) is 0 Å². The van der Waals surface area contributed by atoms with Crippen LogP contribution in [0.4, 0.5) is 11.4 Å². The minimum Gasteiger partial charge on any atom is -0.481 e. The number of amides is 1. The van der Waals surface area contributed by atoms with Crippen LogP contribution in [0.3, 0.4) is 0 Å². The standard InChI is InChI=1S/C21H24N4O3/c1-25(18-8-6-17(7-9-18)24-21(22)23)20(28)15-5-4-14-3-2-13(11-19(26)27)10-16(14)12-15/h4-9,12-13H,2-3,10-11H2,1H3,(H,26,27)(H4,22,23,24). The number of carbonyl (C=O) groups excluding carboxylic acids is 1. The quantitative estimate of drug-likeness (QED) is 0.543. The normalized spacial score (nSPS) is 15.4. The molecule has 7 nitrogen and oxygen atoms in total. The van der Waals surface area contributed by atoms with Gasteiger partial charge < -0.3 is 21.5 Å². The molecule has 1 unspecified atom stereocenters. The third-order valence-corrected chi connectivity index (χ3v) is 5.05. The Bertz CT molecular complexity index is 918. The lowest BCUT2D eigenvalue weighted by Gasteiger charge is -2.24. The Morgan fingerprint density at radius 3 is 2.50 bits per heavy atom. The summed E-state index contributed by atoms with van der Waals surface area (Å²) >= 11 is 0.